The number of hydrogen-bond acceptors (Lipinski definition) is 7. The Bertz CT molecular complexity index is 629. The summed E-state index contributed by atoms with van der Waals surface area (Å²) in [7, 11) is 3.67. The van der Waals surface area contributed by atoms with Gasteiger partial charge in [-0.25, -0.2) is 19.9 Å². The molecular weight excluding hydrogens is 290 g/mol. The van der Waals surface area contributed by atoms with E-state index in [9.17, 15) is 0 Å². The normalized spacial score (nSPS) is 18.6. The summed E-state index contributed by atoms with van der Waals surface area (Å²) in [5.74, 6) is 1.33. The van der Waals surface area contributed by atoms with Gasteiger partial charge in [0.25, 0.3) is 0 Å². The van der Waals surface area contributed by atoms with Crippen LogP contribution in [0.2, 0.25) is 0 Å². The van der Waals surface area contributed by atoms with Crippen molar-refractivity contribution in [1.82, 2.24) is 24.8 Å². The number of piperidine rings is 1. The largest absolute Gasteiger partial charge is 0.357 e. The van der Waals surface area contributed by atoms with Crippen molar-refractivity contribution in [3.05, 3.63) is 35.9 Å². The number of nitrogens with zero attached hydrogens (tertiary/aromatic N) is 5. The van der Waals surface area contributed by atoms with Gasteiger partial charge in [0.1, 0.15) is 0 Å². The molecule has 0 aromatic carbocycles. The standard InChI is InChI=1S/C16H23N7/c1-17-15-20-9-12(10-21-15)11-23-8-4-3-5-14(23)13-6-7-19-16(18-2)22-13/h6-7,9-10,14H,3-5,8,11H2,1-2H3,(H,17,20,21)(H,18,19,22)/t14-/m0/s1. The van der Waals surface area contributed by atoms with Gasteiger partial charge in [-0.15, -0.1) is 0 Å². The van der Waals surface area contributed by atoms with Gasteiger partial charge in [-0.3, -0.25) is 4.90 Å². The summed E-state index contributed by atoms with van der Waals surface area (Å²) in [6, 6.07) is 2.34. The smallest absolute Gasteiger partial charge is 0.222 e. The molecule has 7 nitrogen and oxygen atoms in total. The molecular formula is C16H23N7. The minimum absolute atomic E-state index is 0.322. The third-order valence-electron chi connectivity index (χ3n) is 4.17. The van der Waals surface area contributed by atoms with E-state index in [0.717, 1.165) is 30.8 Å². The lowest BCUT2D eigenvalue weighted by atomic mass is 9.98. The van der Waals surface area contributed by atoms with Gasteiger partial charge in [-0.05, 0) is 25.5 Å². The van der Waals surface area contributed by atoms with Gasteiger partial charge in [0.15, 0.2) is 0 Å². The van der Waals surface area contributed by atoms with Crippen LogP contribution >= 0.6 is 0 Å². The predicted octanol–water partition coefficient (Wildman–Crippen LogP) is 2.08. The van der Waals surface area contributed by atoms with E-state index in [-0.39, 0.29) is 0 Å². The second-order valence-corrected chi connectivity index (χ2v) is 5.70. The van der Waals surface area contributed by atoms with Crippen molar-refractivity contribution in [2.24, 2.45) is 0 Å². The number of likely N-dealkylation sites (tertiary alicyclic amines) is 1. The second kappa shape index (κ2) is 7.32. The van der Waals surface area contributed by atoms with E-state index >= 15 is 0 Å². The van der Waals surface area contributed by atoms with Crippen molar-refractivity contribution in [2.75, 3.05) is 31.3 Å². The van der Waals surface area contributed by atoms with Gasteiger partial charge in [0.05, 0.1) is 11.7 Å². The van der Waals surface area contributed by atoms with Gasteiger partial charge in [0, 0.05) is 44.8 Å². The average Bonchev–Trinajstić information content (AvgIpc) is 2.63. The molecule has 0 radical (unpaired) electrons. The number of hydrogen-bond donors (Lipinski definition) is 2. The minimum atomic E-state index is 0.322. The Hall–Kier alpha value is -2.28. The van der Waals surface area contributed by atoms with Gasteiger partial charge in [-0.2, -0.15) is 0 Å². The fraction of sp³-hybridized carbons (Fsp3) is 0.500. The molecule has 0 unspecified atom stereocenters. The molecule has 3 heterocycles. The molecule has 23 heavy (non-hydrogen) atoms. The Morgan fingerprint density at radius 2 is 1.87 bits per heavy atom. The van der Waals surface area contributed by atoms with E-state index in [1.54, 1.807) is 0 Å². The Labute approximate surface area is 136 Å². The molecule has 3 rings (SSSR count). The van der Waals surface area contributed by atoms with Crippen molar-refractivity contribution < 1.29 is 0 Å². The van der Waals surface area contributed by atoms with E-state index < -0.39 is 0 Å². The Morgan fingerprint density at radius 1 is 1.09 bits per heavy atom. The van der Waals surface area contributed by atoms with Crippen LogP contribution < -0.4 is 10.6 Å². The topological polar surface area (TPSA) is 78.9 Å². The number of aromatic nitrogens is 4. The summed E-state index contributed by atoms with van der Waals surface area (Å²) in [5, 5.41) is 5.96. The maximum atomic E-state index is 4.63. The van der Waals surface area contributed by atoms with Gasteiger partial charge < -0.3 is 10.6 Å². The third kappa shape index (κ3) is 3.73. The van der Waals surface area contributed by atoms with Crippen LogP contribution in [0.15, 0.2) is 24.7 Å². The van der Waals surface area contributed by atoms with Crippen LogP contribution in [0.1, 0.15) is 36.6 Å². The zero-order valence-corrected chi connectivity index (χ0v) is 13.7. The first-order valence-corrected chi connectivity index (χ1v) is 8.03. The summed E-state index contributed by atoms with van der Waals surface area (Å²) in [6.45, 7) is 1.91. The molecule has 1 fully saturated rings. The molecule has 0 saturated carbocycles. The zero-order chi connectivity index (χ0) is 16.1. The van der Waals surface area contributed by atoms with E-state index in [0.29, 0.717) is 17.9 Å². The lowest BCUT2D eigenvalue weighted by Crippen LogP contribution is -2.33. The molecule has 0 aliphatic carbocycles. The Morgan fingerprint density at radius 3 is 2.61 bits per heavy atom. The van der Waals surface area contributed by atoms with Crippen LogP contribution in [0, 0.1) is 0 Å². The summed E-state index contributed by atoms with van der Waals surface area (Å²) in [4.78, 5) is 19.9. The monoisotopic (exact) mass is 313 g/mol. The molecule has 1 saturated heterocycles. The number of rotatable bonds is 5. The fourth-order valence-electron chi connectivity index (χ4n) is 2.99. The van der Waals surface area contributed by atoms with Crippen LogP contribution in [-0.4, -0.2) is 45.5 Å². The average molecular weight is 313 g/mol. The van der Waals surface area contributed by atoms with Crippen LogP contribution in [0.5, 0.6) is 0 Å². The predicted molar refractivity (Wildman–Crippen MR) is 90.2 cm³/mol. The zero-order valence-electron chi connectivity index (χ0n) is 13.7. The molecule has 7 heteroatoms. The SMILES string of the molecule is CNc1ncc(CN2CCCC[C@H]2c2ccnc(NC)n2)cn1. The molecule has 122 valence electrons. The summed E-state index contributed by atoms with van der Waals surface area (Å²) in [6.07, 6.45) is 9.18. The molecule has 1 atom stereocenters. The third-order valence-corrected chi connectivity index (χ3v) is 4.17. The van der Waals surface area contributed by atoms with Crippen LogP contribution in [0.3, 0.4) is 0 Å². The molecule has 0 amide bonds. The van der Waals surface area contributed by atoms with E-state index in [4.69, 9.17) is 0 Å². The van der Waals surface area contributed by atoms with Crippen molar-refractivity contribution in [2.45, 2.75) is 31.8 Å². The molecule has 2 aromatic rings. The van der Waals surface area contributed by atoms with E-state index in [2.05, 4.69) is 35.5 Å². The molecule has 0 spiro atoms. The summed E-state index contributed by atoms with van der Waals surface area (Å²) < 4.78 is 0. The van der Waals surface area contributed by atoms with Gasteiger partial charge >= 0.3 is 0 Å². The number of anilines is 2. The fourth-order valence-corrected chi connectivity index (χ4v) is 2.99. The first-order valence-electron chi connectivity index (χ1n) is 8.03. The van der Waals surface area contributed by atoms with Crippen molar-refractivity contribution in [1.29, 1.82) is 0 Å². The highest BCUT2D eigenvalue weighted by atomic mass is 15.2. The highest BCUT2D eigenvalue weighted by molar-refractivity contribution is 5.26. The van der Waals surface area contributed by atoms with Crippen LogP contribution in [0.4, 0.5) is 11.9 Å². The van der Waals surface area contributed by atoms with Crippen LogP contribution in [-0.2, 0) is 6.54 Å². The minimum Gasteiger partial charge on any atom is -0.357 e. The first kappa shape index (κ1) is 15.6. The highest BCUT2D eigenvalue weighted by Gasteiger charge is 2.25. The van der Waals surface area contributed by atoms with Gasteiger partial charge in [-0.1, -0.05) is 6.42 Å². The van der Waals surface area contributed by atoms with Crippen molar-refractivity contribution >= 4 is 11.9 Å². The number of nitrogens with one attached hydrogen (secondary N) is 2. The Kier molecular flexibility index (Phi) is 4.97. The molecule has 0 bridgehead atoms. The van der Waals surface area contributed by atoms with Gasteiger partial charge in [0.2, 0.25) is 11.9 Å². The second-order valence-electron chi connectivity index (χ2n) is 5.70. The molecule has 1 aliphatic heterocycles. The molecule has 2 N–H and O–H groups in total. The van der Waals surface area contributed by atoms with Crippen LogP contribution in [0.25, 0.3) is 0 Å². The van der Waals surface area contributed by atoms with Crippen molar-refractivity contribution in [3.8, 4) is 0 Å². The maximum Gasteiger partial charge on any atom is 0.222 e. The lowest BCUT2D eigenvalue weighted by molar-refractivity contribution is 0.137. The molecule has 2 aromatic heterocycles. The Balaban J connectivity index is 1.77. The van der Waals surface area contributed by atoms with E-state index in [1.165, 1.54) is 12.8 Å². The summed E-state index contributed by atoms with van der Waals surface area (Å²) in [5.41, 5.74) is 2.20. The lowest BCUT2D eigenvalue weighted by Gasteiger charge is -2.35. The quantitative estimate of drug-likeness (QED) is 0.875. The first-order chi connectivity index (χ1) is 11.3. The van der Waals surface area contributed by atoms with Crippen molar-refractivity contribution in [3.63, 3.8) is 0 Å². The maximum absolute atomic E-state index is 4.63. The van der Waals surface area contributed by atoms with E-state index in [1.807, 2.05) is 38.8 Å². The summed E-state index contributed by atoms with van der Waals surface area (Å²) >= 11 is 0. The highest BCUT2D eigenvalue weighted by Crippen LogP contribution is 2.31. The molecule has 1 aliphatic rings.